The lowest BCUT2D eigenvalue weighted by Crippen LogP contribution is -2.11. The Labute approximate surface area is 85.7 Å². The molecule has 0 unspecified atom stereocenters. The highest BCUT2D eigenvalue weighted by atomic mass is 16.6. The molecule has 78 valence electrons. The van der Waals surface area contributed by atoms with E-state index in [1.54, 1.807) is 6.20 Å². The molecule has 0 spiro atoms. The van der Waals surface area contributed by atoms with Gasteiger partial charge in [0.05, 0.1) is 23.8 Å². The number of hydrogen-bond acceptors (Lipinski definition) is 4. The lowest BCUT2D eigenvalue weighted by molar-refractivity contribution is 0.178. The number of rotatable bonds is 0. The molecule has 0 saturated carbocycles. The predicted octanol–water partition coefficient (Wildman–Crippen LogP) is 0.684. The standard InChI is InChI=1S/C6H5N3.C3H5NO2/c1-2-8-6-3-7-4-9-5(1)6;5-3-4-1-2-6-3/h1-4,8H;1-2H2,(H,4,5). The molecule has 1 amide bonds. The Morgan fingerprint density at radius 2 is 2.40 bits per heavy atom. The quantitative estimate of drug-likeness (QED) is 0.664. The first-order chi connectivity index (χ1) is 7.36. The lowest BCUT2D eigenvalue weighted by atomic mass is 10.5. The summed E-state index contributed by atoms with van der Waals surface area (Å²) in [5.74, 6) is 0. The minimum atomic E-state index is -0.296. The van der Waals surface area contributed by atoms with Crippen LogP contribution in [0.25, 0.3) is 11.0 Å². The van der Waals surface area contributed by atoms with Crippen LogP contribution in [0, 0.1) is 0 Å². The molecule has 3 rings (SSSR count). The van der Waals surface area contributed by atoms with Gasteiger partial charge in [0.25, 0.3) is 0 Å². The van der Waals surface area contributed by atoms with Crippen LogP contribution in [0.1, 0.15) is 0 Å². The van der Waals surface area contributed by atoms with Crippen LogP contribution >= 0.6 is 0 Å². The molecule has 1 aliphatic heterocycles. The highest BCUT2D eigenvalue weighted by molar-refractivity contribution is 5.72. The smallest absolute Gasteiger partial charge is 0.407 e. The number of aromatic nitrogens is 3. The molecule has 0 atom stereocenters. The highest BCUT2D eigenvalue weighted by Gasteiger charge is 2.06. The van der Waals surface area contributed by atoms with Gasteiger partial charge in [-0.2, -0.15) is 0 Å². The van der Waals surface area contributed by atoms with Crippen molar-refractivity contribution >= 4 is 17.1 Å². The van der Waals surface area contributed by atoms with Gasteiger partial charge in [-0.15, -0.1) is 0 Å². The van der Waals surface area contributed by atoms with Crippen molar-refractivity contribution < 1.29 is 9.53 Å². The topological polar surface area (TPSA) is 79.9 Å². The molecule has 2 aromatic heterocycles. The van der Waals surface area contributed by atoms with Crippen LogP contribution in [0.5, 0.6) is 0 Å². The maximum atomic E-state index is 9.91. The van der Waals surface area contributed by atoms with Gasteiger partial charge in [0.15, 0.2) is 0 Å². The summed E-state index contributed by atoms with van der Waals surface area (Å²) in [4.78, 5) is 20.7. The zero-order valence-electron chi connectivity index (χ0n) is 7.93. The third-order valence-corrected chi connectivity index (χ3v) is 1.83. The Balaban J connectivity index is 0.000000124. The van der Waals surface area contributed by atoms with E-state index in [0.717, 1.165) is 11.0 Å². The van der Waals surface area contributed by atoms with Gasteiger partial charge in [0.2, 0.25) is 0 Å². The molecule has 0 bridgehead atoms. The molecule has 6 heteroatoms. The number of aromatic amines is 1. The Bertz CT molecular complexity index is 416. The summed E-state index contributed by atoms with van der Waals surface area (Å²) in [6.07, 6.45) is 4.84. The van der Waals surface area contributed by atoms with Crippen molar-refractivity contribution in [3.8, 4) is 0 Å². The normalized spacial score (nSPS) is 14.0. The number of carbonyl (C=O) groups excluding carboxylic acids is 1. The molecule has 1 aliphatic rings. The minimum Gasteiger partial charge on any atom is -0.448 e. The number of cyclic esters (lactones) is 1. The molecule has 2 N–H and O–H groups in total. The highest BCUT2D eigenvalue weighted by Crippen LogP contribution is 2.03. The largest absolute Gasteiger partial charge is 0.448 e. The number of H-pyrrole nitrogens is 1. The van der Waals surface area contributed by atoms with Crippen molar-refractivity contribution in [2.75, 3.05) is 13.2 Å². The number of nitrogens with zero attached hydrogens (tertiary/aromatic N) is 2. The SMILES string of the molecule is O=C1NCCO1.c1ncc2[nH]ccc2n1. The van der Waals surface area contributed by atoms with Crippen LogP contribution in [0.3, 0.4) is 0 Å². The summed E-state index contributed by atoms with van der Waals surface area (Å²) in [5.41, 5.74) is 1.95. The van der Waals surface area contributed by atoms with E-state index in [9.17, 15) is 4.79 Å². The summed E-state index contributed by atoms with van der Waals surface area (Å²) in [5, 5.41) is 2.46. The van der Waals surface area contributed by atoms with E-state index in [0.29, 0.717) is 13.2 Å². The second-order valence-electron chi connectivity index (χ2n) is 2.86. The fourth-order valence-corrected chi connectivity index (χ4v) is 1.14. The zero-order valence-corrected chi connectivity index (χ0v) is 7.93. The average molecular weight is 206 g/mol. The van der Waals surface area contributed by atoms with Gasteiger partial charge in [0, 0.05) is 6.20 Å². The van der Waals surface area contributed by atoms with E-state index in [1.807, 2.05) is 12.3 Å². The lowest BCUT2D eigenvalue weighted by Gasteiger charge is -1.82. The number of carbonyl (C=O) groups is 1. The summed E-state index contributed by atoms with van der Waals surface area (Å²) < 4.78 is 4.40. The monoisotopic (exact) mass is 206 g/mol. The number of hydrogen-bond donors (Lipinski definition) is 2. The first-order valence-corrected chi connectivity index (χ1v) is 4.50. The van der Waals surface area contributed by atoms with E-state index in [-0.39, 0.29) is 6.09 Å². The van der Waals surface area contributed by atoms with Gasteiger partial charge in [-0.25, -0.2) is 14.8 Å². The molecule has 3 heterocycles. The van der Waals surface area contributed by atoms with Crippen molar-refractivity contribution in [1.29, 1.82) is 0 Å². The first kappa shape index (κ1) is 9.45. The van der Waals surface area contributed by atoms with Crippen molar-refractivity contribution in [3.05, 3.63) is 24.8 Å². The molecule has 1 fully saturated rings. The van der Waals surface area contributed by atoms with Crippen LogP contribution < -0.4 is 5.32 Å². The van der Waals surface area contributed by atoms with E-state index in [2.05, 4.69) is 25.0 Å². The number of nitrogens with one attached hydrogen (secondary N) is 2. The number of amides is 1. The van der Waals surface area contributed by atoms with Gasteiger partial charge in [-0.1, -0.05) is 0 Å². The van der Waals surface area contributed by atoms with Crippen molar-refractivity contribution in [2.24, 2.45) is 0 Å². The first-order valence-electron chi connectivity index (χ1n) is 4.50. The van der Waals surface area contributed by atoms with E-state index < -0.39 is 0 Å². The van der Waals surface area contributed by atoms with Crippen LogP contribution in [0.4, 0.5) is 4.79 Å². The predicted molar refractivity (Wildman–Crippen MR) is 53.2 cm³/mol. The molecule has 0 radical (unpaired) electrons. The molecular weight excluding hydrogens is 196 g/mol. The molecule has 2 aromatic rings. The van der Waals surface area contributed by atoms with Gasteiger partial charge in [-0.05, 0) is 6.07 Å². The molecule has 0 aromatic carbocycles. The van der Waals surface area contributed by atoms with Gasteiger partial charge in [0.1, 0.15) is 12.9 Å². The minimum absolute atomic E-state index is 0.296. The van der Waals surface area contributed by atoms with E-state index in [1.165, 1.54) is 6.33 Å². The van der Waals surface area contributed by atoms with Crippen LogP contribution in [0.2, 0.25) is 0 Å². The van der Waals surface area contributed by atoms with Crippen molar-refractivity contribution in [2.45, 2.75) is 0 Å². The Kier molecular flexibility index (Phi) is 2.77. The summed E-state index contributed by atoms with van der Waals surface area (Å²) in [6.45, 7) is 1.19. The Morgan fingerprint density at radius 3 is 3.00 bits per heavy atom. The molecular formula is C9H10N4O2. The molecule has 1 saturated heterocycles. The molecule has 6 nitrogen and oxygen atoms in total. The van der Waals surface area contributed by atoms with Crippen LogP contribution in [0.15, 0.2) is 24.8 Å². The van der Waals surface area contributed by atoms with Crippen LogP contribution in [-0.2, 0) is 4.74 Å². The van der Waals surface area contributed by atoms with Crippen molar-refractivity contribution in [1.82, 2.24) is 20.3 Å². The second-order valence-corrected chi connectivity index (χ2v) is 2.86. The van der Waals surface area contributed by atoms with Gasteiger partial charge < -0.3 is 15.0 Å². The molecule has 15 heavy (non-hydrogen) atoms. The maximum Gasteiger partial charge on any atom is 0.407 e. The average Bonchev–Trinajstić information content (AvgIpc) is 2.88. The van der Waals surface area contributed by atoms with Crippen LogP contribution in [-0.4, -0.2) is 34.2 Å². The zero-order chi connectivity index (χ0) is 10.5. The van der Waals surface area contributed by atoms with E-state index >= 15 is 0 Å². The van der Waals surface area contributed by atoms with Gasteiger partial charge >= 0.3 is 6.09 Å². The summed E-state index contributed by atoms with van der Waals surface area (Å²) in [7, 11) is 0. The van der Waals surface area contributed by atoms with Gasteiger partial charge in [-0.3, -0.25) is 0 Å². The van der Waals surface area contributed by atoms with Crippen molar-refractivity contribution in [3.63, 3.8) is 0 Å². The maximum absolute atomic E-state index is 9.91. The van der Waals surface area contributed by atoms with E-state index in [4.69, 9.17) is 0 Å². The number of ether oxygens (including phenoxy) is 1. The molecule has 0 aliphatic carbocycles. The Hall–Kier alpha value is -2.11. The summed E-state index contributed by atoms with van der Waals surface area (Å²) in [6, 6.07) is 1.91. The number of alkyl carbamates (subject to hydrolysis) is 1. The third kappa shape index (κ3) is 2.43. The summed E-state index contributed by atoms with van der Waals surface area (Å²) >= 11 is 0. The third-order valence-electron chi connectivity index (χ3n) is 1.83. The second kappa shape index (κ2) is 4.41. The fourth-order valence-electron chi connectivity index (χ4n) is 1.14. The number of fused-ring (bicyclic) bond motifs is 1. The Morgan fingerprint density at radius 1 is 1.47 bits per heavy atom. The fraction of sp³-hybridized carbons (Fsp3) is 0.222.